The molecule has 29 heavy (non-hydrogen) atoms. The first kappa shape index (κ1) is 21.4. The number of rotatable bonds is 6. The lowest BCUT2D eigenvalue weighted by atomic mass is 9.89. The summed E-state index contributed by atoms with van der Waals surface area (Å²) in [6.45, 7) is 1.86. The van der Waals surface area contributed by atoms with E-state index in [1.165, 1.54) is 12.1 Å². The maximum atomic E-state index is 13.4. The molecule has 1 heterocycles. The number of carbonyl (C=O) groups is 2. The molecular formula is C20H24BrFN4O3. The predicted molar refractivity (Wildman–Crippen MR) is 108 cm³/mol. The number of benzene rings is 1. The lowest BCUT2D eigenvalue weighted by molar-refractivity contribution is -0.123. The van der Waals surface area contributed by atoms with E-state index in [1.807, 2.05) is 0 Å². The van der Waals surface area contributed by atoms with Crippen molar-refractivity contribution < 1.29 is 18.5 Å². The van der Waals surface area contributed by atoms with Gasteiger partial charge in [-0.2, -0.15) is 4.98 Å². The van der Waals surface area contributed by atoms with E-state index in [9.17, 15) is 14.0 Å². The van der Waals surface area contributed by atoms with Gasteiger partial charge in [-0.25, -0.2) is 4.39 Å². The number of aromatic nitrogens is 2. The van der Waals surface area contributed by atoms with Crippen LogP contribution in [0.5, 0.6) is 0 Å². The van der Waals surface area contributed by atoms with Crippen molar-refractivity contribution in [3.8, 4) is 0 Å². The van der Waals surface area contributed by atoms with Crippen molar-refractivity contribution in [1.82, 2.24) is 20.8 Å². The van der Waals surface area contributed by atoms with E-state index in [1.54, 1.807) is 6.92 Å². The van der Waals surface area contributed by atoms with Crippen LogP contribution >= 0.6 is 15.9 Å². The molecule has 1 aliphatic rings. The van der Waals surface area contributed by atoms with Crippen molar-refractivity contribution in [3.05, 3.63) is 45.8 Å². The molecule has 1 aromatic heterocycles. The van der Waals surface area contributed by atoms with E-state index >= 15 is 0 Å². The van der Waals surface area contributed by atoms with Crippen molar-refractivity contribution >= 4 is 27.7 Å². The lowest BCUT2D eigenvalue weighted by Crippen LogP contribution is -2.47. The van der Waals surface area contributed by atoms with Gasteiger partial charge in [-0.1, -0.05) is 30.8 Å². The van der Waals surface area contributed by atoms with Gasteiger partial charge >= 0.3 is 0 Å². The van der Waals surface area contributed by atoms with Crippen LogP contribution in [0.1, 0.15) is 67.0 Å². The summed E-state index contributed by atoms with van der Waals surface area (Å²) in [7, 11) is 0. The van der Waals surface area contributed by atoms with Gasteiger partial charge < -0.3 is 15.2 Å². The van der Waals surface area contributed by atoms with Crippen molar-refractivity contribution in [2.75, 3.05) is 6.54 Å². The molecule has 0 radical (unpaired) electrons. The molecule has 1 aromatic carbocycles. The van der Waals surface area contributed by atoms with Crippen LogP contribution in [0.4, 0.5) is 4.39 Å². The first-order chi connectivity index (χ1) is 13.9. The molecule has 0 unspecified atom stereocenters. The summed E-state index contributed by atoms with van der Waals surface area (Å²) in [5.74, 6) is -0.166. The molecule has 0 aliphatic heterocycles. The monoisotopic (exact) mass is 466 g/mol. The minimum absolute atomic E-state index is 0.0945. The third-order valence-corrected chi connectivity index (χ3v) is 5.79. The number of hydrogen-bond acceptors (Lipinski definition) is 5. The van der Waals surface area contributed by atoms with Crippen LogP contribution < -0.4 is 10.6 Å². The molecule has 7 nitrogen and oxygen atoms in total. The Kier molecular flexibility index (Phi) is 7.00. The quantitative estimate of drug-likeness (QED) is 0.631. The average Bonchev–Trinajstić information content (AvgIpc) is 2.99. The Morgan fingerprint density at radius 2 is 1.97 bits per heavy atom. The Hall–Kier alpha value is -2.29. The van der Waals surface area contributed by atoms with Crippen LogP contribution in [0.3, 0.4) is 0 Å². The summed E-state index contributed by atoms with van der Waals surface area (Å²) < 4.78 is 19.0. The summed E-state index contributed by atoms with van der Waals surface area (Å²) in [5.41, 5.74) is -0.450. The zero-order chi connectivity index (χ0) is 20.9. The van der Waals surface area contributed by atoms with E-state index in [0.29, 0.717) is 16.2 Å². The molecule has 0 spiro atoms. The minimum Gasteiger partial charge on any atom is -0.351 e. The highest BCUT2D eigenvalue weighted by molar-refractivity contribution is 9.10. The Morgan fingerprint density at radius 3 is 2.62 bits per heavy atom. The number of carbonyl (C=O) groups excluding carboxylic acids is 2. The van der Waals surface area contributed by atoms with E-state index in [0.717, 1.165) is 44.6 Å². The number of aryl methyl sites for hydroxylation is 1. The number of hydrogen-bond donors (Lipinski definition) is 2. The standard InChI is InChI=1S/C20H24BrFN4O3/c1-13-24-19(26-29-13)20(9-4-2-3-5-10-20)25-17(27)8-11-23-18(28)15-12-14(22)6-7-16(15)21/h6-7,12H,2-5,8-11H2,1H3,(H,23,28)(H,25,27). The topological polar surface area (TPSA) is 97.1 Å². The maximum Gasteiger partial charge on any atom is 0.252 e. The van der Waals surface area contributed by atoms with Crippen LogP contribution in [-0.2, 0) is 10.3 Å². The highest BCUT2D eigenvalue weighted by atomic mass is 79.9. The van der Waals surface area contributed by atoms with Crippen LogP contribution in [-0.4, -0.2) is 28.5 Å². The number of nitrogens with one attached hydrogen (secondary N) is 2. The summed E-state index contributed by atoms with van der Waals surface area (Å²) in [5, 5.41) is 9.81. The molecule has 1 saturated carbocycles. The van der Waals surface area contributed by atoms with E-state index in [2.05, 4.69) is 36.7 Å². The molecule has 0 saturated heterocycles. The van der Waals surface area contributed by atoms with Crippen molar-refractivity contribution in [2.24, 2.45) is 0 Å². The lowest BCUT2D eigenvalue weighted by Gasteiger charge is -2.30. The largest absolute Gasteiger partial charge is 0.351 e. The Labute approximate surface area is 177 Å². The predicted octanol–water partition coefficient (Wildman–Crippen LogP) is 3.77. The van der Waals surface area contributed by atoms with Crippen LogP contribution in [0.2, 0.25) is 0 Å². The second-order valence-corrected chi connectivity index (χ2v) is 8.17. The van der Waals surface area contributed by atoms with Gasteiger partial charge in [0.25, 0.3) is 5.91 Å². The van der Waals surface area contributed by atoms with Gasteiger partial charge in [-0.15, -0.1) is 0 Å². The summed E-state index contributed by atoms with van der Waals surface area (Å²) in [4.78, 5) is 29.2. The molecule has 9 heteroatoms. The van der Waals surface area contributed by atoms with Gasteiger partial charge in [0.1, 0.15) is 11.4 Å². The molecule has 0 bridgehead atoms. The van der Waals surface area contributed by atoms with Gasteiger partial charge in [-0.3, -0.25) is 9.59 Å². The van der Waals surface area contributed by atoms with Crippen molar-refractivity contribution in [2.45, 2.75) is 57.4 Å². The maximum absolute atomic E-state index is 13.4. The molecule has 1 aliphatic carbocycles. The number of nitrogens with zero attached hydrogens (tertiary/aromatic N) is 2. The first-order valence-electron chi connectivity index (χ1n) is 9.75. The van der Waals surface area contributed by atoms with Crippen LogP contribution in [0, 0.1) is 12.7 Å². The first-order valence-corrected chi connectivity index (χ1v) is 10.5. The van der Waals surface area contributed by atoms with E-state index in [-0.39, 0.29) is 24.4 Å². The zero-order valence-corrected chi connectivity index (χ0v) is 17.9. The van der Waals surface area contributed by atoms with E-state index < -0.39 is 17.3 Å². The molecule has 0 atom stereocenters. The summed E-state index contributed by atoms with van der Waals surface area (Å²) >= 11 is 3.23. The molecule has 1 fully saturated rings. The molecule has 3 rings (SSSR count). The summed E-state index contributed by atoms with van der Waals surface area (Å²) in [6.07, 6.45) is 5.74. The van der Waals surface area contributed by atoms with Gasteiger partial charge in [-0.05, 0) is 47.0 Å². The van der Waals surface area contributed by atoms with E-state index in [4.69, 9.17) is 4.52 Å². The highest BCUT2D eigenvalue weighted by Gasteiger charge is 2.38. The van der Waals surface area contributed by atoms with Gasteiger partial charge in [0, 0.05) is 24.4 Å². The molecule has 2 amide bonds. The average molecular weight is 467 g/mol. The fraction of sp³-hybridized carbons (Fsp3) is 0.500. The third-order valence-electron chi connectivity index (χ3n) is 5.10. The molecule has 2 aromatic rings. The molecular weight excluding hydrogens is 443 g/mol. The number of halogens is 2. The Bertz CT molecular complexity index is 878. The number of amides is 2. The van der Waals surface area contributed by atoms with Crippen LogP contribution in [0.25, 0.3) is 0 Å². The van der Waals surface area contributed by atoms with Crippen LogP contribution in [0.15, 0.2) is 27.2 Å². The van der Waals surface area contributed by atoms with Crippen molar-refractivity contribution in [3.63, 3.8) is 0 Å². The SMILES string of the molecule is Cc1nc(C2(NC(=O)CCNC(=O)c3cc(F)ccc3Br)CCCCCC2)no1. The fourth-order valence-corrected chi connectivity index (χ4v) is 4.04. The zero-order valence-electron chi connectivity index (χ0n) is 16.3. The molecule has 156 valence electrons. The fourth-order valence-electron chi connectivity index (χ4n) is 3.62. The minimum atomic E-state index is -0.638. The normalized spacial score (nSPS) is 16.1. The Balaban J connectivity index is 1.60. The smallest absolute Gasteiger partial charge is 0.252 e. The third kappa shape index (κ3) is 5.41. The second-order valence-electron chi connectivity index (χ2n) is 7.31. The summed E-state index contributed by atoms with van der Waals surface area (Å²) in [6, 6.07) is 3.89. The Morgan fingerprint density at radius 1 is 1.24 bits per heavy atom. The van der Waals surface area contributed by atoms with Crippen molar-refractivity contribution in [1.29, 1.82) is 0 Å². The van der Waals surface area contributed by atoms with Gasteiger partial charge in [0.2, 0.25) is 11.8 Å². The highest BCUT2D eigenvalue weighted by Crippen LogP contribution is 2.34. The van der Waals surface area contributed by atoms with Gasteiger partial charge in [0.15, 0.2) is 5.82 Å². The second kappa shape index (κ2) is 9.47. The molecule has 2 N–H and O–H groups in total. The van der Waals surface area contributed by atoms with Gasteiger partial charge in [0.05, 0.1) is 5.56 Å².